The predicted molar refractivity (Wildman–Crippen MR) is 101 cm³/mol. The van der Waals surface area contributed by atoms with Crippen LogP contribution < -0.4 is 10.9 Å². The van der Waals surface area contributed by atoms with Crippen molar-refractivity contribution in [2.75, 3.05) is 5.32 Å². The normalized spacial score (nSPS) is 21.6. The smallest absolute Gasteiger partial charge is 0.292 e. The lowest BCUT2D eigenvalue weighted by molar-refractivity contribution is 0.358. The van der Waals surface area contributed by atoms with Crippen LogP contribution in [0.5, 0.6) is 0 Å². The van der Waals surface area contributed by atoms with Gasteiger partial charge in [-0.3, -0.25) is 4.79 Å². The van der Waals surface area contributed by atoms with E-state index in [1.54, 1.807) is 4.68 Å². The van der Waals surface area contributed by atoms with E-state index in [4.69, 9.17) is 0 Å². The van der Waals surface area contributed by atoms with Gasteiger partial charge >= 0.3 is 0 Å². The lowest BCUT2D eigenvalue weighted by Gasteiger charge is -2.27. The first-order chi connectivity index (χ1) is 12.6. The minimum Gasteiger partial charge on any atom is -0.364 e. The summed E-state index contributed by atoms with van der Waals surface area (Å²) in [6, 6.07) is 10.2. The van der Waals surface area contributed by atoms with E-state index in [0.717, 1.165) is 18.4 Å². The summed E-state index contributed by atoms with van der Waals surface area (Å²) in [5.74, 6) is 1.32. The van der Waals surface area contributed by atoms with Gasteiger partial charge in [0.25, 0.3) is 5.56 Å². The van der Waals surface area contributed by atoms with Crippen molar-refractivity contribution >= 4 is 16.9 Å². The molecule has 1 fully saturated rings. The summed E-state index contributed by atoms with van der Waals surface area (Å²) in [6.45, 7) is 4.29. The average molecular weight is 352 g/mol. The molecule has 0 amide bonds. The zero-order chi connectivity index (χ0) is 18.1. The molecule has 2 N–H and O–H groups in total. The van der Waals surface area contributed by atoms with E-state index in [1.807, 2.05) is 37.3 Å². The van der Waals surface area contributed by atoms with Gasteiger partial charge < -0.3 is 5.32 Å². The number of anilines is 1. The Morgan fingerprint density at radius 3 is 2.85 bits per heavy atom. The highest BCUT2D eigenvalue weighted by atomic mass is 16.1. The van der Waals surface area contributed by atoms with Gasteiger partial charge in [0.2, 0.25) is 0 Å². The standard InChI is InChI=1S/C19H24N6O/c1-12-7-6-10-15(11-12)20-18-16-17(19(26)23-22-18)25(24-21-16)13(2)14-8-4-3-5-9-14/h3-5,8-9,12-13,15H,6-7,10-11H2,1-2H3,(H,20,22)(H,23,26). The Hall–Kier alpha value is -2.70. The van der Waals surface area contributed by atoms with E-state index in [9.17, 15) is 4.79 Å². The van der Waals surface area contributed by atoms with Crippen LogP contribution in [0.15, 0.2) is 35.1 Å². The van der Waals surface area contributed by atoms with Gasteiger partial charge in [-0.05, 0) is 31.2 Å². The fraction of sp³-hybridized carbons (Fsp3) is 0.474. The maximum Gasteiger partial charge on any atom is 0.292 e. The zero-order valence-corrected chi connectivity index (χ0v) is 15.1. The minimum atomic E-state index is -0.268. The lowest BCUT2D eigenvalue weighted by atomic mass is 9.87. The van der Waals surface area contributed by atoms with Gasteiger partial charge in [0.1, 0.15) is 0 Å². The van der Waals surface area contributed by atoms with Crippen molar-refractivity contribution < 1.29 is 0 Å². The van der Waals surface area contributed by atoms with Crippen LogP contribution in [0, 0.1) is 5.92 Å². The molecule has 1 aromatic carbocycles. The molecule has 3 aromatic rings. The molecule has 26 heavy (non-hydrogen) atoms. The number of H-pyrrole nitrogens is 1. The highest BCUT2D eigenvalue weighted by molar-refractivity contribution is 5.84. The second-order valence-corrected chi connectivity index (χ2v) is 7.33. The molecule has 1 saturated carbocycles. The van der Waals surface area contributed by atoms with Crippen molar-refractivity contribution in [2.45, 2.75) is 51.6 Å². The molecule has 4 rings (SSSR count). The third-order valence-electron chi connectivity index (χ3n) is 5.33. The molecule has 0 saturated heterocycles. The summed E-state index contributed by atoms with van der Waals surface area (Å²) in [6.07, 6.45) is 4.71. The van der Waals surface area contributed by atoms with Gasteiger partial charge in [-0.25, -0.2) is 9.78 Å². The van der Waals surface area contributed by atoms with Crippen LogP contribution in [-0.2, 0) is 0 Å². The van der Waals surface area contributed by atoms with Crippen LogP contribution in [0.3, 0.4) is 0 Å². The fourth-order valence-electron chi connectivity index (χ4n) is 3.88. The zero-order valence-electron chi connectivity index (χ0n) is 15.1. The first-order valence-electron chi connectivity index (χ1n) is 9.28. The van der Waals surface area contributed by atoms with Crippen LogP contribution in [0.1, 0.15) is 51.1 Å². The molecule has 1 aliphatic carbocycles. The molecule has 2 aromatic heterocycles. The van der Waals surface area contributed by atoms with E-state index in [1.165, 1.54) is 12.8 Å². The maximum atomic E-state index is 12.4. The highest BCUT2D eigenvalue weighted by Gasteiger charge is 2.23. The van der Waals surface area contributed by atoms with Crippen molar-refractivity contribution in [1.29, 1.82) is 0 Å². The van der Waals surface area contributed by atoms with Crippen molar-refractivity contribution in [3.63, 3.8) is 0 Å². The van der Waals surface area contributed by atoms with Crippen LogP contribution in [0.25, 0.3) is 11.0 Å². The summed E-state index contributed by atoms with van der Waals surface area (Å²) < 4.78 is 1.68. The fourth-order valence-corrected chi connectivity index (χ4v) is 3.88. The quantitative estimate of drug-likeness (QED) is 0.753. The number of benzene rings is 1. The van der Waals surface area contributed by atoms with E-state index in [-0.39, 0.29) is 11.6 Å². The summed E-state index contributed by atoms with van der Waals surface area (Å²) in [5, 5.41) is 18.8. The molecule has 0 spiro atoms. The Morgan fingerprint density at radius 2 is 2.08 bits per heavy atom. The molecule has 7 nitrogen and oxygen atoms in total. The number of nitrogens with one attached hydrogen (secondary N) is 2. The Labute approximate surface area is 151 Å². The first kappa shape index (κ1) is 16.8. The average Bonchev–Trinajstić information content (AvgIpc) is 3.10. The number of aromatic nitrogens is 5. The maximum absolute atomic E-state index is 12.4. The minimum absolute atomic E-state index is 0.0905. The SMILES string of the molecule is CC1CCCC(Nc2n[nH]c(=O)c3c2nnn3C(C)c2ccccc2)C1. The second-order valence-electron chi connectivity index (χ2n) is 7.33. The van der Waals surface area contributed by atoms with Gasteiger partial charge in [-0.2, -0.15) is 5.10 Å². The van der Waals surface area contributed by atoms with E-state index in [2.05, 4.69) is 32.7 Å². The van der Waals surface area contributed by atoms with Crippen LogP contribution in [-0.4, -0.2) is 31.2 Å². The molecule has 0 bridgehead atoms. The van der Waals surface area contributed by atoms with Gasteiger partial charge in [-0.15, -0.1) is 5.10 Å². The summed E-state index contributed by atoms with van der Waals surface area (Å²) in [5.41, 5.74) is 1.80. The Kier molecular flexibility index (Phi) is 4.44. The number of rotatable bonds is 4. The third-order valence-corrected chi connectivity index (χ3v) is 5.33. The van der Waals surface area contributed by atoms with Crippen molar-refractivity contribution in [2.24, 2.45) is 5.92 Å². The number of fused-ring (bicyclic) bond motifs is 1. The Morgan fingerprint density at radius 1 is 1.27 bits per heavy atom. The number of hydrogen-bond acceptors (Lipinski definition) is 5. The second kappa shape index (κ2) is 6.90. The van der Waals surface area contributed by atoms with Crippen molar-refractivity contribution in [3.8, 4) is 0 Å². The molecule has 0 radical (unpaired) electrons. The van der Waals surface area contributed by atoms with Crippen LogP contribution in [0.4, 0.5) is 5.82 Å². The molecular formula is C19H24N6O. The Bertz CT molecular complexity index is 948. The van der Waals surface area contributed by atoms with E-state index >= 15 is 0 Å². The van der Waals surface area contributed by atoms with Crippen LogP contribution >= 0.6 is 0 Å². The van der Waals surface area contributed by atoms with Gasteiger partial charge in [0.15, 0.2) is 16.9 Å². The van der Waals surface area contributed by atoms with Gasteiger partial charge in [0.05, 0.1) is 6.04 Å². The van der Waals surface area contributed by atoms with Crippen molar-refractivity contribution in [1.82, 2.24) is 25.2 Å². The van der Waals surface area contributed by atoms with Gasteiger partial charge in [-0.1, -0.05) is 55.3 Å². The monoisotopic (exact) mass is 352 g/mol. The van der Waals surface area contributed by atoms with Gasteiger partial charge in [0, 0.05) is 6.04 Å². The number of aromatic amines is 1. The van der Waals surface area contributed by atoms with Crippen molar-refractivity contribution in [3.05, 3.63) is 46.2 Å². The third kappa shape index (κ3) is 3.09. The number of hydrogen-bond donors (Lipinski definition) is 2. The molecule has 1 aliphatic rings. The topological polar surface area (TPSA) is 88.5 Å². The molecule has 0 aliphatic heterocycles. The Balaban J connectivity index is 1.70. The largest absolute Gasteiger partial charge is 0.364 e. The molecule has 2 heterocycles. The highest BCUT2D eigenvalue weighted by Crippen LogP contribution is 2.28. The van der Waals surface area contributed by atoms with Crippen LogP contribution in [0.2, 0.25) is 0 Å². The lowest BCUT2D eigenvalue weighted by Crippen LogP contribution is -2.27. The van der Waals surface area contributed by atoms with E-state index in [0.29, 0.717) is 28.8 Å². The summed E-state index contributed by atoms with van der Waals surface area (Å²) in [4.78, 5) is 12.4. The molecule has 136 valence electrons. The molecule has 3 unspecified atom stereocenters. The predicted octanol–water partition coefficient (Wildman–Crippen LogP) is 3.11. The summed E-state index contributed by atoms with van der Waals surface area (Å²) >= 11 is 0. The molecule has 7 heteroatoms. The first-order valence-corrected chi connectivity index (χ1v) is 9.28. The molecule has 3 atom stereocenters. The summed E-state index contributed by atoms with van der Waals surface area (Å²) in [7, 11) is 0. The van der Waals surface area contributed by atoms with E-state index < -0.39 is 0 Å². The number of nitrogens with zero attached hydrogens (tertiary/aromatic N) is 4. The molecular weight excluding hydrogens is 328 g/mol.